The molecule has 2 heteroatoms. The summed E-state index contributed by atoms with van der Waals surface area (Å²) in [6.45, 7) is 0. The van der Waals surface area contributed by atoms with Crippen molar-refractivity contribution in [2.45, 2.75) is 0 Å². The summed E-state index contributed by atoms with van der Waals surface area (Å²) in [5.41, 5.74) is 17.0. The van der Waals surface area contributed by atoms with Crippen molar-refractivity contribution in [3.63, 3.8) is 0 Å². The maximum atomic E-state index is 6.33. The van der Waals surface area contributed by atoms with Gasteiger partial charge >= 0.3 is 0 Å². The van der Waals surface area contributed by atoms with E-state index in [4.69, 9.17) is 4.42 Å². The van der Waals surface area contributed by atoms with Crippen molar-refractivity contribution in [1.29, 1.82) is 0 Å². The number of anilines is 3. The molecule has 0 atom stereocenters. The number of para-hydroxylation sites is 1. The van der Waals surface area contributed by atoms with Crippen LogP contribution in [0.25, 0.3) is 110 Å². The van der Waals surface area contributed by atoms with E-state index < -0.39 is 0 Å². The first-order valence-electron chi connectivity index (χ1n) is 24.0. The molecule has 0 N–H and O–H groups in total. The van der Waals surface area contributed by atoms with Crippen LogP contribution in [0.5, 0.6) is 0 Å². The molecule has 2 nitrogen and oxygen atoms in total. The lowest BCUT2D eigenvalue weighted by Crippen LogP contribution is -2.10. The van der Waals surface area contributed by atoms with Gasteiger partial charge in [0, 0.05) is 27.7 Å². The molecule has 0 saturated heterocycles. The summed E-state index contributed by atoms with van der Waals surface area (Å²) in [6, 6.07) is 98.7. The van der Waals surface area contributed by atoms with Crippen LogP contribution in [0, 0.1) is 0 Å². The maximum absolute atomic E-state index is 6.33. The lowest BCUT2D eigenvalue weighted by atomic mass is 9.89. The highest BCUT2D eigenvalue weighted by molar-refractivity contribution is 6.09. The van der Waals surface area contributed by atoms with Crippen molar-refractivity contribution in [3.05, 3.63) is 273 Å². The molecule has 13 aromatic rings. The van der Waals surface area contributed by atoms with Gasteiger partial charge in [0.15, 0.2) is 0 Å². The van der Waals surface area contributed by atoms with Gasteiger partial charge in [-0.25, -0.2) is 0 Å². The second-order valence-electron chi connectivity index (χ2n) is 18.0. The summed E-state index contributed by atoms with van der Waals surface area (Å²) in [7, 11) is 0. The second kappa shape index (κ2) is 17.4. The third-order valence-electron chi connectivity index (χ3n) is 13.9. The summed E-state index contributed by atoms with van der Waals surface area (Å²) in [4.78, 5) is 2.41. The molecule has 0 aliphatic heterocycles. The highest BCUT2D eigenvalue weighted by Gasteiger charge is 2.20. The van der Waals surface area contributed by atoms with E-state index in [0.29, 0.717) is 0 Å². The predicted octanol–water partition coefficient (Wildman–Crippen LogP) is 19.4. The molecule has 70 heavy (non-hydrogen) atoms. The zero-order valence-electron chi connectivity index (χ0n) is 38.3. The van der Waals surface area contributed by atoms with Crippen molar-refractivity contribution in [3.8, 4) is 67.0 Å². The van der Waals surface area contributed by atoms with E-state index in [1.54, 1.807) is 0 Å². The number of nitrogens with zero attached hydrogens (tertiary/aromatic N) is 1. The minimum Gasteiger partial charge on any atom is -0.456 e. The molecule has 12 aromatic carbocycles. The molecule has 13 rings (SSSR count). The molecule has 1 aromatic heterocycles. The number of hydrogen-bond acceptors (Lipinski definition) is 2. The molecule has 0 spiro atoms. The SMILES string of the molecule is c1ccc(-c2ccccc2-c2ccccc2-c2ccc(N(c3ccc(-c4ccc5c(ccc6ccccc65)c4)cc3)c3ccc(-c4cccc(-c5cc6ccccc6o5)c4)c4ccccc34)cc2)cc1. The fourth-order valence-electron chi connectivity index (χ4n) is 10.5. The summed E-state index contributed by atoms with van der Waals surface area (Å²) in [5, 5.41) is 8.48. The van der Waals surface area contributed by atoms with Gasteiger partial charge in [-0.2, -0.15) is 0 Å². The first-order valence-corrected chi connectivity index (χ1v) is 24.0. The molecular weight excluding hydrogens is 847 g/mol. The highest BCUT2D eigenvalue weighted by Crippen LogP contribution is 2.45. The van der Waals surface area contributed by atoms with Crippen molar-refractivity contribution in [1.82, 2.24) is 0 Å². The van der Waals surface area contributed by atoms with Crippen LogP contribution in [-0.2, 0) is 0 Å². The highest BCUT2D eigenvalue weighted by atomic mass is 16.3. The van der Waals surface area contributed by atoms with E-state index in [9.17, 15) is 0 Å². The van der Waals surface area contributed by atoms with E-state index in [-0.39, 0.29) is 0 Å². The van der Waals surface area contributed by atoms with Gasteiger partial charge in [-0.3, -0.25) is 0 Å². The van der Waals surface area contributed by atoms with E-state index in [2.05, 4.69) is 266 Å². The van der Waals surface area contributed by atoms with Gasteiger partial charge in [0.1, 0.15) is 11.3 Å². The molecular formula is C68H45NO. The lowest BCUT2D eigenvalue weighted by molar-refractivity contribution is 0.631. The van der Waals surface area contributed by atoms with Crippen LogP contribution in [0.1, 0.15) is 0 Å². The molecule has 0 saturated carbocycles. The first kappa shape index (κ1) is 41.0. The monoisotopic (exact) mass is 891 g/mol. The zero-order valence-corrected chi connectivity index (χ0v) is 38.3. The number of rotatable bonds is 9. The molecule has 1 heterocycles. The van der Waals surface area contributed by atoms with Gasteiger partial charge < -0.3 is 9.32 Å². The number of benzene rings is 12. The summed E-state index contributed by atoms with van der Waals surface area (Å²) >= 11 is 0. The van der Waals surface area contributed by atoms with Gasteiger partial charge in [0.2, 0.25) is 0 Å². The van der Waals surface area contributed by atoms with Crippen LogP contribution >= 0.6 is 0 Å². The van der Waals surface area contributed by atoms with Gasteiger partial charge in [-0.1, -0.05) is 218 Å². The summed E-state index contributed by atoms with van der Waals surface area (Å²) < 4.78 is 6.33. The van der Waals surface area contributed by atoms with Crippen molar-refractivity contribution < 1.29 is 4.42 Å². The van der Waals surface area contributed by atoms with Crippen LogP contribution in [0.3, 0.4) is 0 Å². The van der Waals surface area contributed by atoms with Crippen molar-refractivity contribution >= 4 is 60.3 Å². The average Bonchev–Trinajstić information content (AvgIpc) is 3.89. The Morgan fingerprint density at radius 2 is 0.771 bits per heavy atom. The van der Waals surface area contributed by atoms with Gasteiger partial charge in [-0.05, 0) is 137 Å². The Bertz CT molecular complexity index is 4020. The van der Waals surface area contributed by atoms with E-state index in [1.165, 1.54) is 71.4 Å². The van der Waals surface area contributed by atoms with Gasteiger partial charge in [0.05, 0.1) is 5.69 Å². The fourth-order valence-corrected chi connectivity index (χ4v) is 10.5. The second-order valence-corrected chi connectivity index (χ2v) is 18.0. The van der Waals surface area contributed by atoms with Crippen LogP contribution in [0.15, 0.2) is 277 Å². The van der Waals surface area contributed by atoms with Crippen molar-refractivity contribution in [2.75, 3.05) is 4.90 Å². The van der Waals surface area contributed by atoms with Gasteiger partial charge in [0.25, 0.3) is 0 Å². The molecule has 0 radical (unpaired) electrons. The van der Waals surface area contributed by atoms with Crippen LogP contribution in [-0.4, -0.2) is 0 Å². The normalized spacial score (nSPS) is 11.4. The van der Waals surface area contributed by atoms with Crippen LogP contribution < -0.4 is 4.90 Å². The summed E-state index contributed by atoms with van der Waals surface area (Å²) in [5.74, 6) is 0.863. The van der Waals surface area contributed by atoms with Crippen molar-refractivity contribution in [2.24, 2.45) is 0 Å². The Labute approximate surface area is 407 Å². The molecule has 328 valence electrons. The minimum atomic E-state index is 0.863. The molecule has 0 fully saturated rings. The Balaban J connectivity index is 0.920. The quantitative estimate of drug-likeness (QED) is 0.134. The molecule has 0 amide bonds. The third-order valence-corrected chi connectivity index (χ3v) is 13.9. The minimum absolute atomic E-state index is 0.863. The van der Waals surface area contributed by atoms with Crippen LogP contribution in [0.4, 0.5) is 17.1 Å². The Morgan fingerprint density at radius 1 is 0.243 bits per heavy atom. The predicted molar refractivity (Wildman–Crippen MR) is 296 cm³/mol. The zero-order chi connectivity index (χ0) is 46.4. The molecule has 0 aliphatic rings. The smallest absolute Gasteiger partial charge is 0.135 e. The molecule has 0 bridgehead atoms. The number of hydrogen-bond donors (Lipinski definition) is 0. The standard InChI is InChI=1S/C68H45NO/c1-2-15-47(16-3-1)58-22-7-9-24-62(58)63-25-10-8-23-59(63)49-33-38-56(39-34-49)69(55-36-31-46(32-37-55)50-35-40-60-52(43-50)30-29-48-17-4-6-21-57(48)60)66-42-41-61(64-26-11-12-27-65(64)66)51-19-14-20-53(44-51)68-45-54-18-5-13-28-67(54)70-68/h1-45H. The topological polar surface area (TPSA) is 16.4 Å². The largest absolute Gasteiger partial charge is 0.456 e. The average molecular weight is 892 g/mol. The van der Waals surface area contributed by atoms with E-state index in [0.717, 1.165) is 55.9 Å². The molecule has 0 unspecified atom stereocenters. The Morgan fingerprint density at radius 3 is 1.50 bits per heavy atom. The summed E-state index contributed by atoms with van der Waals surface area (Å²) in [6.07, 6.45) is 0. The third kappa shape index (κ3) is 7.40. The Kier molecular flexibility index (Phi) is 10.2. The maximum Gasteiger partial charge on any atom is 0.135 e. The first-order chi connectivity index (χ1) is 34.7. The van der Waals surface area contributed by atoms with E-state index >= 15 is 0 Å². The molecule has 0 aliphatic carbocycles. The van der Waals surface area contributed by atoms with Crippen LogP contribution in [0.2, 0.25) is 0 Å². The van der Waals surface area contributed by atoms with Gasteiger partial charge in [-0.15, -0.1) is 0 Å². The number of fused-ring (bicyclic) bond motifs is 5. The fraction of sp³-hybridized carbons (Fsp3) is 0. The number of furan rings is 1. The Hall–Kier alpha value is -9.24. The lowest BCUT2D eigenvalue weighted by Gasteiger charge is -2.28. The van der Waals surface area contributed by atoms with E-state index in [1.807, 2.05) is 12.1 Å².